The molecule has 1 rings (SSSR count). The molecule has 1 radical (unpaired) electrons. The van der Waals surface area contributed by atoms with Crippen molar-refractivity contribution in [2.75, 3.05) is 13.2 Å². The van der Waals surface area contributed by atoms with Crippen LogP contribution in [0.25, 0.3) is 0 Å². The molecule has 1 aliphatic heterocycles. The number of hydrogen-bond donors (Lipinski definition) is 1. The van der Waals surface area contributed by atoms with Crippen molar-refractivity contribution in [3.8, 4) is 0 Å². The molecular formula is C4H9N2O. The van der Waals surface area contributed by atoms with Gasteiger partial charge in [0.15, 0.2) is 6.35 Å². The third-order valence-electron chi connectivity index (χ3n) is 0.900. The topological polar surface area (TPSA) is 49.4 Å². The smallest absolute Gasteiger partial charge is 0.176 e. The van der Waals surface area contributed by atoms with Crippen LogP contribution in [0.15, 0.2) is 0 Å². The van der Waals surface area contributed by atoms with Crippen LogP contribution < -0.4 is 11.1 Å². The largest absolute Gasteiger partial charge is 0.349 e. The van der Waals surface area contributed by atoms with Gasteiger partial charge >= 0.3 is 0 Å². The van der Waals surface area contributed by atoms with Gasteiger partial charge in [0.05, 0.1) is 6.61 Å². The Morgan fingerprint density at radius 3 is 2.86 bits per heavy atom. The molecule has 3 heteroatoms. The van der Waals surface area contributed by atoms with Gasteiger partial charge in [0, 0.05) is 6.54 Å². The lowest BCUT2D eigenvalue weighted by Gasteiger charge is -2.17. The van der Waals surface area contributed by atoms with Gasteiger partial charge in [-0.25, -0.2) is 0 Å². The molecule has 1 aliphatic rings. The lowest BCUT2D eigenvalue weighted by atomic mass is 10.4. The average molecular weight is 101 g/mol. The molecule has 2 N–H and O–H groups in total. The first kappa shape index (κ1) is 5.03. The Labute approximate surface area is 42.8 Å². The van der Waals surface area contributed by atoms with Crippen molar-refractivity contribution >= 4 is 0 Å². The molecule has 1 heterocycles. The fraction of sp³-hybridized carbons (Fsp3) is 1.00. The van der Waals surface area contributed by atoms with Gasteiger partial charge < -0.3 is 4.74 Å². The summed E-state index contributed by atoms with van der Waals surface area (Å²) >= 11 is 0. The monoisotopic (exact) mass is 101 g/mol. The van der Waals surface area contributed by atoms with E-state index in [2.05, 4.69) is 5.32 Å². The van der Waals surface area contributed by atoms with Crippen molar-refractivity contribution in [3.05, 3.63) is 0 Å². The van der Waals surface area contributed by atoms with Crippen LogP contribution in [0.5, 0.6) is 0 Å². The zero-order chi connectivity index (χ0) is 5.11. The van der Waals surface area contributed by atoms with E-state index < -0.39 is 0 Å². The van der Waals surface area contributed by atoms with E-state index >= 15 is 0 Å². The minimum atomic E-state index is -0.339. The summed E-state index contributed by atoms with van der Waals surface area (Å²) in [6.45, 7) is 1.63. The highest BCUT2D eigenvalue weighted by atomic mass is 16.5. The molecule has 41 valence electrons. The number of hydrogen-bond acceptors (Lipinski definition) is 2. The van der Waals surface area contributed by atoms with Crippen molar-refractivity contribution in [1.29, 1.82) is 0 Å². The minimum Gasteiger partial charge on any atom is -0.349 e. The van der Waals surface area contributed by atoms with Crippen molar-refractivity contribution in [3.63, 3.8) is 0 Å². The number of nitrogens with two attached hydrogens (primary N) is 1. The molecule has 1 fully saturated rings. The Kier molecular flexibility index (Phi) is 1.62. The third kappa shape index (κ3) is 1.43. The number of nitrogens with zero attached hydrogens (tertiary/aromatic N) is 1. The standard InChI is InChI=1S/C4H9N2O/c5-4-6-2-1-3-7-4/h4H,1-3,5H2. The maximum atomic E-state index is 5.25. The van der Waals surface area contributed by atoms with Gasteiger partial charge in [0.25, 0.3) is 0 Å². The minimum absolute atomic E-state index is 0.339. The predicted molar refractivity (Wildman–Crippen MR) is 25.5 cm³/mol. The second-order valence-corrected chi connectivity index (χ2v) is 1.52. The van der Waals surface area contributed by atoms with Crippen LogP contribution in [-0.4, -0.2) is 19.5 Å². The summed E-state index contributed by atoms with van der Waals surface area (Å²) in [5.41, 5.74) is 5.25. The van der Waals surface area contributed by atoms with Gasteiger partial charge in [0.1, 0.15) is 0 Å². The van der Waals surface area contributed by atoms with Crippen LogP contribution in [0.1, 0.15) is 6.42 Å². The van der Waals surface area contributed by atoms with Crippen LogP contribution in [0.3, 0.4) is 0 Å². The Morgan fingerprint density at radius 1 is 1.71 bits per heavy atom. The molecule has 0 amide bonds. The van der Waals surface area contributed by atoms with Gasteiger partial charge in [-0.3, -0.25) is 5.73 Å². The molecular weight excluding hydrogens is 92.1 g/mol. The second kappa shape index (κ2) is 2.26. The summed E-state index contributed by atoms with van der Waals surface area (Å²) in [4.78, 5) is 0. The molecule has 1 saturated heterocycles. The molecule has 1 unspecified atom stereocenters. The average Bonchev–Trinajstić information content (AvgIpc) is 1.69. The molecule has 3 nitrogen and oxygen atoms in total. The molecule has 0 spiro atoms. The zero-order valence-corrected chi connectivity index (χ0v) is 4.13. The highest BCUT2D eigenvalue weighted by molar-refractivity contribution is 4.52. The van der Waals surface area contributed by atoms with Gasteiger partial charge in [-0.15, -0.1) is 0 Å². The molecule has 7 heavy (non-hydrogen) atoms. The molecule has 0 aromatic carbocycles. The third-order valence-corrected chi connectivity index (χ3v) is 0.900. The van der Waals surface area contributed by atoms with Crippen molar-refractivity contribution in [1.82, 2.24) is 5.32 Å². The van der Waals surface area contributed by atoms with Crippen molar-refractivity contribution in [2.24, 2.45) is 5.73 Å². The Morgan fingerprint density at radius 2 is 2.57 bits per heavy atom. The number of rotatable bonds is 0. The fourth-order valence-electron chi connectivity index (χ4n) is 0.540. The van der Waals surface area contributed by atoms with Gasteiger partial charge in [-0.2, -0.15) is 5.32 Å². The zero-order valence-electron chi connectivity index (χ0n) is 4.13. The van der Waals surface area contributed by atoms with E-state index in [0.717, 1.165) is 19.6 Å². The first-order valence-corrected chi connectivity index (χ1v) is 2.43. The van der Waals surface area contributed by atoms with Gasteiger partial charge in [0.2, 0.25) is 0 Å². The van der Waals surface area contributed by atoms with Crippen LogP contribution in [-0.2, 0) is 4.74 Å². The molecule has 0 aliphatic carbocycles. The SMILES string of the molecule is NC1[N]CCCO1. The summed E-state index contributed by atoms with van der Waals surface area (Å²) in [6.07, 6.45) is 0.682. The van der Waals surface area contributed by atoms with E-state index in [-0.39, 0.29) is 6.35 Å². The van der Waals surface area contributed by atoms with E-state index in [4.69, 9.17) is 10.5 Å². The Balaban J connectivity index is 2.12. The highest BCUT2D eigenvalue weighted by Crippen LogP contribution is 1.91. The van der Waals surface area contributed by atoms with Crippen LogP contribution in [0.2, 0.25) is 0 Å². The Bertz CT molecular complexity index is 51.7. The maximum absolute atomic E-state index is 5.25. The lowest BCUT2D eigenvalue weighted by Crippen LogP contribution is -2.39. The lowest BCUT2D eigenvalue weighted by molar-refractivity contribution is 0.00262. The normalized spacial score (nSPS) is 33.0. The van der Waals surface area contributed by atoms with Crippen LogP contribution >= 0.6 is 0 Å². The molecule has 1 atom stereocenters. The first-order valence-electron chi connectivity index (χ1n) is 2.43. The van der Waals surface area contributed by atoms with E-state index in [1.165, 1.54) is 0 Å². The second-order valence-electron chi connectivity index (χ2n) is 1.52. The summed E-state index contributed by atoms with van der Waals surface area (Å²) in [6, 6.07) is 0. The summed E-state index contributed by atoms with van der Waals surface area (Å²) < 4.78 is 4.89. The van der Waals surface area contributed by atoms with Crippen molar-refractivity contribution < 1.29 is 4.74 Å². The summed E-state index contributed by atoms with van der Waals surface area (Å²) in [5.74, 6) is 0. The van der Waals surface area contributed by atoms with Crippen LogP contribution in [0, 0.1) is 0 Å². The van der Waals surface area contributed by atoms with Crippen molar-refractivity contribution in [2.45, 2.75) is 12.8 Å². The van der Waals surface area contributed by atoms with E-state index in [1.807, 2.05) is 0 Å². The van der Waals surface area contributed by atoms with E-state index in [1.54, 1.807) is 0 Å². The maximum Gasteiger partial charge on any atom is 0.176 e. The predicted octanol–water partition coefficient (Wildman–Crippen LogP) is -0.747. The fourth-order valence-corrected chi connectivity index (χ4v) is 0.540. The summed E-state index contributed by atoms with van der Waals surface area (Å²) in [7, 11) is 0. The molecule has 0 aromatic rings. The van der Waals surface area contributed by atoms with Gasteiger partial charge in [-0.1, -0.05) is 0 Å². The van der Waals surface area contributed by atoms with E-state index in [0.29, 0.717) is 0 Å². The van der Waals surface area contributed by atoms with E-state index in [9.17, 15) is 0 Å². The quantitative estimate of drug-likeness (QED) is 0.436. The molecule has 0 saturated carbocycles. The Hall–Kier alpha value is -0.120. The summed E-state index contributed by atoms with van der Waals surface area (Å²) in [5, 5.41) is 3.89. The first-order chi connectivity index (χ1) is 3.39. The van der Waals surface area contributed by atoms with Gasteiger partial charge in [-0.05, 0) is 6.42 Å². The molecule has 0 aromatic heterocycles. The van der Waals surface area contributed by atoms with Crippen LogP contribution in [0.4, 0.5) is 0 Å². The highest BCUT2D eigenvalue weighted by Gasteiger charge is 2.06. The number of ether oxygens (including phenoxy) is 1. The molecule has 0 bridgehead atoms.